The standard InChI is InChI=1S/C22H24FNO4S/c1-13(25)15-7-10-18-17(11-15)19(20(27-12-29-4)22(2,3)28-18)24-21(26)14-5-8-16(23)9-6-14/h5-11,19-20H,12H2,1-4H3,(H,24,26). The summed E-state index contributed by atoms with van der Waals surface area (Å²) in [6, 6.07) is 9.99. The van der Waals surface area contributed by atoms with Gasteiger partial charge in [0.1, 0.15) is 23.3 Å². The van der Waals surface area contributed by atoms with Crippen molar-refractivity contribution < 1.29 is 23.5 Å². The molecule has 154 valence electrons. The fraction of sp³-hybridized carbons (Fsp3) is 0.364. The van der Waals surface area contributed by atoms with E-state index in [9.17, 15) is 14.0 Å². The highest BCUT2D eigenvalue weighted by molar-refractivity contribution is 7.98. The van der Waals surface area contributed by atoms with Gasteiger partial charge in [0, 0.05) is 16.7 Å². The van der Waals surface area contributed by atoms with Crippen molar-refractivity contribution in [3.05, 3.63) is 65.0 Å². The van der Waals surface area contributed by atoms with Crippen LogP contribution in [-0.2, 0) is 4.74 Å². The number of hydrogen-bond acceptors (Lipinski definition) is 5. The molecular formula is C22H24FNO4S. The summed E-state index contributed by atoms with van der Waals surface area (Å²) in [7, 11) is 0. The highest BCUT2D eigenvalue weighted by Gasteiger charge is 2.45. The zero-order valence-corrected chi connectivity index (χ0v) is 17.6. The second kappa shape index (κ2) is 8.55. The summed E-state index contributed by atoms with van der Waals surface area (Å²) in [4.78, 5) is 24.8. The van der Waals surface area contributed by atoms with Crippen LogP contribution >= 0.6 is 11.8 Å². The topological polar surface area (TPSA) is 64.6 Å². The molecule has 0 fully saturated rings. The fourth-order valence-electron chi connectivity index (χ4n) is 3.43. The molecule has 1 aliphatic heterocycles. The van der Waals surface area contributed by atoms with E-state index in [1.165, 1.54) is 43.0 Å². The number of rotatable bonds is 6. The SMILES string of the molecule is CSCOC1C(NC(=O)c2ccc(F)cc2)c2cc(C(C)=O)ccc2OC1(C)C. The van der Waals surface area contributed by atoms with Gasteiger partial charge in [0.2, 0.25) is 0 Å². The van der Waals surface area contributed by atoms with Crippen LogP contribution in [0.3, 0.4) is 0 Å². The largest absolute Gasteiger partial charge is 0.485 e. The van der Waals surface area contributed by atoms with Crippen molar-refractivity contribution in [1.29, 1.82) is 0 Å². The van der Waals surface area contributed by atoms with E-state index in [-0.39, 0.29) is 11.7 Å². The van der Waals surface area contributed by atoms with E-state index in [1.807, 2.05) is 20.1 Å². The van der Waals surface area contributed by atoms with Gasteiger partial charge in [0.05, 0.1) is 12.0 Å². The first-order valence-electron chi connectivity index (χ1n) is 9.24. The third-order valence-electron chi connectivity index (χ3n) is 4.87. The van der Waals surface area contributed by atoms with Crippen LogP contribution in [0.2, 0.25) is 0 Å². The molecule has 1 N–H and O–H groups in total. The van der Waals surface area contributed by atoms with Gasteiger partial charge in [-0.25, -0.2) is 4.39 Å². The Hall–Kier alpha value is -2.38. The molecule has 7 heteroatoms. The van der Waals surface area contributed by atoms with Crippen LogP contribution in [0.4, 0.5) is 4.39 Å². The summed E-state index contributed by atoms with van der Waals surface area (Å²) >= 11 is 1.52. The minimum absolute atomic E-state index is 0.0807. The average molecular weight is 418 g/mol. The van der Waals surface area contributed by atoms with E-state index < -0.39 is 23.6 Å². The molecule has 0 saturated carbocycles. The van der Waals surface area contributed by atoms with Gasteiger partial charge in [0.25, 0.3) is 5.91 Å². The maximum absolute atomic E-state index is 13.2. The summed E-state index contributed by atoms with van der Waals surface area (Å²) in [6.07, 6.45) is 1.43. The second-order valence-corrected chi connectivity index (χ2v) is 8.28. The summed E-state index contributed by atoms with van der Waals surface area (Å²) in [5.74, 6) is 0.162. The van der Waals surface area contributed by atoms with Crippen LogP contribution in [0.5, 0.6) is 5.75 Å². The summed E-state index contributed by atoms with van der Waals surface area (Å²) in [5, 5.41) is 3.00. The Morgan fingerprint density at radius 1 is 1.17 bits per heavy atom. The predicted molar refractivity (Wildman–Crippen MR) is 111 cm³/mol. The molecule has 1 amide bonds. The summed E-state index contributed by atoms with van der Waals surface area (Å²) in [6.45, 7) is 5.29. The molecule has 1 aliphatic rings. The van der Waals surface area contributed by atoms with Gasteiger partial charge < -0.3 is 14.8 Å². The number of carbonyl (C=O) groups excluding carboxylic acids is 2. The lowest BCUT2D eigenvalue weighted by atomic mass is 9.85. The van der Waals surface area contributed by atoms with E-state index in [1.54, 1.807) is 18.2 Å². The Kier molecular flexibility index (Phi) is 6.29. The number of halogens is 1. The average Bonchev–Trinajstić information content (AvgIpc) is 2.67. The molecule has 0 radical (unpaired) electrons. The zero-order valence-electron chi connectivity index (χ0n) is 16.8. The van der Waals surface area contributed by atoms with E-state index in [4.69, 9.17) is 9.47 Å². The van der Waals surface area contributed by atoms with Gasteiger partial charge in [-0.05, 0) is 69.5 Å². The highest BCUT2D eigenvalue weighted by atomic mass is 32.2. The number of carbonyl (C=O) groups is 2. The number of Topliss-reactive ketones (excluding diaryl/α,β-unsaturated/α-hetero) is 1. The van der Waals surface area contributed by atoms with Crippen molar-refractivity contribution in [3.63, 3.8) is 0 Å². The Labute approximate surface area is 174 Å². The van der Waals surface area contributed by atoms with Crippen molar-refractivity contribution in [1.82, 2.24) is 5.32 Å². The Morgan fingerprint density at radius 2 is 1.83 bits per heavy atom. The van der Waals surface area contributed by atoms with E-state index in [0.717, 1.165) is 0 Å². The van der Waals surface area contributed by atoms with Gasteiger partial charge in [-0.2, -0.15) is 0 Å². The maximum Gasteiger partial charge on any atom is 0.251 e. The van der Waals surface area contributed by atoms with Crippen LogP contribution < -0.4 is 10.1 Å². The molecular weight excluding hydrogens is 393 g/mol. The quantitative estimate of drug-likeness (QED) is 0.558. The molecule has 0 saturated heterocycles. The predicted octanol–water partition coefficient (Wildman–Crippen LogP) is 4.38. The second-order valence-electron chi connectivity index (χ2n) is 7.47. The zero-order chi connectivity index (χ0) is 21.2. The number of ether oxygens (including phenoxy) is 2. The molecule has 2 unspecified atom stereocenters. The lowest BCUT2D eigenvalue weighted by Gasteiger charge is -2.44. The minimum Gasteiger partial charge on any atom is -0.485 e. The fourth-order valence-corrected chi connectivity index (χ4v) is 3.71. The Morgan fingerprint density at radius 3 is 2.45 bits per heavy atom. The smallest absolute Gasteiger partial charge is 0.251 e. The Balaban J connectivity index is 2.02. The summed E-state index contributed by atoms with van der Waals surface area (Å²) in [5.41, 5.74) is 0.820. The molecule has 5 nitrogen and oxygen atoms in total. The highest BCUT2D eigenvalue weighted by Crippen LogP contribution is 2.42. The number of ketones is 1. The molecule has 2 aromatic rings. The van der Waals surface area contributed by atoms with Crippen molar-refractivity contribution >= 4 is 23.5 Å². The van der Waals surface area contributed by atoms with Crippen LogP contribution in [0.25, 0.3) is 0 Å². The lowest BCUT2D eigenvalue weighted by molar-refractivity contribution is -0.0891. The lowest BCUT2D eigenvalue weighted by Crippen LogP contribution is -2.54. The van der Waals surface area contributed by atoms with Crippen LogP contribution in [-0.4, -0.2) is 35.6 Å². The van der Waals surface area contributed by atoms with Gasteiger partial charge in [0.15, 0.2) is 5.78 Å². The molecule has 29 heavy (non-hydrogen) atoms. The normalized spacial score (nSPS) is 19.8. The monoisotopic (exact) mass is 417 g/mol. The van der Waals surface area contributed by atoms with Crippen molar-refractivity contribution in [2.45, 2.75) is 38.5 Å². The van der Waals surface area contributed by atoms with Crippen LogP contribution in [0.1, 0.15) is 53.1 Å². The molecule has 3 rings (SSSR count). The van der Waals surface area contributed by atoms with E-state index in [2.05, 4.69) is 5.32 Å². The molecule has 1 heterocycles. The van der Waals surface area contributed by atoms with Gasteiger partial charge in [-0.3, -0.25) is 9.59 Å². The minimum atomic E-state index is -0.721. The summed E-state index contributed by atoms with van der Waals surface area (Å²) < 4.78 is 25.4. The van der Waals surface area contributed by atoms with Crippen LogP contribution in [0, 0.1) is 5.82 Å². The number of nitrogens with one attached hydrogen (secondary N) is 1. The van der Waals surface area contributed by atoms with Gasteiger partial charge >= 0.3 is 0 Å². The molecule has 0 bridgehead atoms. The number of benzene rings is 2. The van der Waals surface area contributed by atoms with Gasteiger partial charge in [-0.15, -0.1) is 11.8 Å². The number of amides is 1. The van der Waals surface area contributed by atoms with Crippen LogP contribution in [0.15, 0.2) is 42.5 Å². The number of fused-ring (bicyclic) bond motifs is 1. The van der Waals surface area contributed by atoms with Crippen molar-refractivity contribution in [2.24, 2.45) is 0 Å². The first-order chi connectivity index (χ1) is 13.7. The third kappa shape index (κ3) is 4.62. The van der Waals surface area contributed by atoms with Crippen molar-refractivity contribution in [3.8, 4) is 5.75 Å². The molecule has 0 spiro atoms. The third-order valence-corrected chi connectivity index (χ3v) is 5.24. The number of hydrogen-bond donors (Lipinski definition) is 1. The van der Waals surface area contributed by atoms with Crippen molar-refractivity contribution in [2.75, 3.05) is 12.2 Å². The number of thioether (sulfide) groups is 1. The maximum atomic E-state index is 13.2. The van der Waals surface area contributed by atoms with Gasteiger partial charge in [-0.1, -0.05) is 0 Å². The first-order valence-corrected chi connectivity index (χ1v) is 10.6. The molecule has 0 aliphatic carbocycles. The molecule has 2 aromatic carbocycles. The Bertz CT molecular complexity index is 914. The van der Waals surface area contributed by atoms with E-state index >= 15 is 0 Å². The first kappa shape index (κ1) is 21.3. The molecule has 2 atom stereocenters. The van der Waals surface area contributed by atoms with E-state index in [0.29, 0.717) is 28.4 Å². The molecule has 0 aromatic heterocycles.